The second kappa shape index (κ2) is 3.42. The molecule has 1 fully saturated rings. The quantitative estimate of drug-likeness (QED) is 0.719. The van der Waals surface area contributed by atoms with Crippen LogP contribution in [0.3, 0.4) is 0 Å². The van der Waals surface area contributed by atoms with E-state index in [0.717, 1.165) is 18.5 Å². The number of hydrogen-bond donors (Lipinski definition) is 1. The molecular formula is C10H12FNO. The molecule has 0 bridgehead atoms. The molecule has 1 aromatic rings. The van der Waals surface area contributed by atoms with Crippen molar-refractivity contribution in [1.29, 1.82) is 0 Å². The third-order valence-corrected chi connectivity index (χ3v) is 2.32. The summed E-state index contributed by atoms with van der Waals surface area (Å²) in [7, 11) is 0. The highest BCUT2D eigenvalue weighted by Gasteiger charge is 2.25. The van der Waals surface area contributed by atoms with Crippen LogP contribution in [0.4, 0.5) is 4.39 Å². The fourth-order valence-corrected chi connectivity index (χ4v) is 1.39. The Balaban J connectivity index is 2.21. The van der Waals surface area contributed by atoms with Gasteiger partial charge in [-0.3, -0.25) is 0 Å². The number of aliphatic hydroxyl groups excluding tert-OH is 1. The van der Waals surface area contributed by atoms with Crippen LogP contribution in [0.15, 0.2) is 12.1 Å². The summed E-state index contributed by atoms with van der Waals surface area (Å²) in [5.41, 5.74) is 1.37. The summed E-state index contributed by atoms with van der Waals surface area (Å²) in [5, 5.41) is 8.64. The molecule has 1 aliphatic rings. The van der Waals surface area contributed by atoms with Crippen molar-refractivity contribution in [2.24, 2.45) is 0 Å². The lowest BCUT2D eigenvalue weighted by Gasteiger charge is -2.02. The van der Waals surface area contributed by atoms with Crippen molar-refractivity contribution in [2.75, 3.05) is 6.61 Å². The van der Waals surface area contributed by atoms with E-state index in [1.165, 1.54) is 0 Å². The average Bonchev–Trinajstić information content (AvgIpc) is 2.91. The van der Waals surface area contributed by atoms with E-state index in [-0.39, 0.29) is 6.61 Å². The number of rotatable bonds is 3. The standard InChI is InChI=1S/C10H12FNO/c11-10-8(5-6-13)3-4-9(12-10)7-1-2-7/h3-4,7,13H,1-2,5-6H2. The van der Waals surface area contributed by atoms with Crippen LogP contribution in [-0.2, 0) is 6.42 Å². The summed E-state index contributed by atoms with van der Waals surface area (Å²) in [5.74, 6) is 0.0659. The molecule has 0 unspecified atom stereocenters. The summed E-state index contributed by atoms with van der Waals surface area (Å²) in [4.78, 5) is 3.88. The predicted molar refractivity (Wildman–Crippen MR) is 47.0 cm³/mol. The van der Waals surface area contributed by atoms with E-state index < -0.39 is 5.95 Å². The van der Waals surface area contributed by atoms with E-state index >= 15 is 0 Å². The van der Waals surface area contributed by atoms with Gasteiger partial charge in [0.15, 0.2) is 0 Å². The van der Waals surface area contributed by atoms with Gasteiger partial charge in [-0.15, -0.1) is 0 Å². The Bertz CT molecular complexity index is 310. The summed E-state index contributed by atoms with van der Waals surface area (Å²) >= 11 is 0. The highest BCUT2D eigenvalue weighted by atomic mass is 19.1. The van der Waals surface area contributed by atoms with Gasteiger partial charge in [-0.25, -0.2) is 4.98 Å². The molecule has 1 N–H and O–H groups in total. The molecule has 2 rings (SSSR count). The molecule has 2 nitrogen and oxygen atoms in total. The number of pyridine rings is 1. The van der Waals surface area contributed by atoms with E-state index in [9.17, 15) is 4.39 Å². The van der Waals surface area contributed by atoms with E-state index in [1.54, 1.807) is 6.07 Å². The Morgan fingerprint density at radius 1 is 1.46 bits per heavy atom. The van der Waals surface area contributed by atoms with Crippen molar-refractivity contribution in [2.45, 2.75) is 25.2 Å². The molecule has 1 aliphatic carbocycles. The van der Waals surface area contributed by atoms with E-state index in [1.807, 2.05) is 6.07 Å². The van der Waals surface area contributed by atoms with Crippen LogP contribution in [0.25, 0.3) is 0 Å². The maximum atomic E-state index is 13.2. The lowest BCUT2D eigenvalue weighted by atomic mass is 10.1. The minimum Gasteiger partial charge on any atom is -0.396 e. The van der Waals surface area contributed by atoms with Crippen LogP contribution in [0.1, 0.15) is 30.0 Å². The van der Waals surface area contributed by atoms with E-state index in [0.29, 0.717) is 17.9 Å². The summed E-state index contributed by atoms with van der Waals surface area (Å²) in [6, 6.07) is 3.60. The molecule has 0 amide bonds. The number of aromatic nitrogens is 1. The molecule has 1 saturated carbocycles. The third-order valence-electron chi connectivity index (χ3n) is 2.32. The van der Waals surface area contributed by atoms with Gasteiger partial charge in [-0.05, 0) is 25.3 Å². The highest BCUT2D eigenvalue weighted by Crippen LogP contribution is 2.38. The van der Waals surface area contributed by atoms with Crippen molar-refractivity contribution < 1.29 is 9.50 Å². The molecule has 0 saturated heterocycles. The smallest absolute Gasteiger partial charge is 0.216 e. The highest BCUT2D eigenvalue weighted by molar-refractivity contribution is 5.21. The Morgan fingerprint density at radius 3 is 2.77 bits per heavy atom. The molecule has 0 aromatic carbocycles. The SMILES string of the molecule is OCCc1ccc(C2CC2)nc1F. The first-order valence-electron chi connectivity index (χ1n) is 4.57. The lowest BCUT2D eigenvalue weighted by molar-refractivity contribution is 0.297. The van der Waals surface area contributed by atoms with Crippen LogP contribution in [0.5, 0.6) is 0 Å². The minimum atomic E-state index is -0.418. The Labute approximate surface area is 76.4 Å². The number of hydrogen-bond acceptors (Lipinski definition) is 2. The Hall–Kier alpha value is -0.960. The molecule has 13 heavy (non-hydrogen) atoms. The molecule has 0 radical (unpaired) electrons. The van der Waals surface area contributed by atoms with Gasteiger partial charge in [0.1, 0.15) is 0 Å². The third kappa shape index (κ3) is 1.86. The number of aliphatic hydroxyl groups is 1. The lowest BCUT2D eigenvalue weighted by Crippen LogP contribution is -1.99. The van der Waals surface area contributed by atoms with Gasteiger partial charge in [0.25, 0.3) is 0 Å². The van der Waals surface area contributed by atoms with Gasteiger partial charge in [0.2, 0.25) is 5.95 Å². The molecule has 0 spiro atoms. The van der Waals surface area contributed by atoms with Gasteiger partial charge in [-0.2, -0.15) is 4.39 Å². The first-order valence-corrected chi connectivity index (χ1v) is 4.57. The summed E-state index contributed by atoms with van der Waals surface area (Å²) in [6.45, 7) is -0.0264. The molecule has 70 valence electrons. The zero-order valence-electron chi connectivity index (χ0n) is 7.33. The second-order valence-corrected chi connectivity index (χ2v) is 3.43. The number of nitrogens with zero attached hydrogens (tertiary/aromatic N) is 1. The molecule has 3 heteroatoms. The molecular weight excluding hydrogens is 169 g/mol. The van der Waals surface area contributed by atoms with Gasteiger partial charge in [-0.1, -0.05) is 6.07 Å². The predicted octanol–water partition coefficient (Wildman–Crippen LogP) is 1.63. The van der Waals surface area contributed by atoms with Gasteiger partial charge in [0.05, 0.1) is 0 Å². The first-order chi connectivity index (χ1) is 6.31. The van der Waals surface area contributed by atoms with Crippen LogP contribution in [0, 0.1) is 5.95 Å². The molecule has 1 heterocycles. The van der Waals surface area contributed by atoms with Crippen molar-refractivity contribution in [3.8, 4) is 0 Å². The summed E-state index contributed by atoms with van der Waals surface area (Å²) < 4.78 is 13.2. The Morgan fingerprint density at radius 2 is 2.23 bits per heavy atom. The molecule has 1 aromatic heterocycles. The summed E-state index contributed by atoms with van der Waals surface area (Å²) in [6.07, 6.45) is 2.61. The zero-order chi connectivity index (χ0) is 9.26. The largest absolute Gasteiger partial charge is 0.396 e. The maximum absolute atomic E-state index is 13.2. The monoisotopic (exact) mass is 181 g/mol. The van der Waals surface area contributed by atoms with Crippen molar-refractivity contribution in [3.05, 3.63) is 29.3 Å². The second-order valence-electron chi connectivity index (χ2n) is 3.43. The maximum Gasteiger partial charge on any atom is 0.216 e. The fourth-order valence-electron chi connectivity index (χ4n) is 1.39. The van der Waals surface area contributed by atoms with Crippen molar-refractivity contribution in [3.63, 3.8) is 0 Å². The first kappa shape index (κ1) is 8.63. The van der Waals surface area contributed by atoms with Crippen LogP contribution >= 0.6 is 0 Å². The van der Waals surface area contributed by atoms with E-state index in [2.05, 4.69) is 4.98 Å². The normalized spacial score (nSPS) is 16.2. The van der Waals surface area contributed by atoms with Crippen molar-refractivity contribution >= 4 is 0 Å². The van der Waals surface area contributed by atoms with Crippen LogP contribution in [0.2, 0.25) is 0 Å². The van der Waals surface area contributed by atoms with Gasteiger partial charge < -0.3 is 5.11 Å². The van der Waals surface area contributed by atoms with E-state index in [4.69, 9.17) is 5.11 Å². The Kier molecular flexibility index (Phi) is 2.27. The van der Waals surface area contributed by atoms with Gasteiger partial charge in [0, 0.05) is 23.8 Å². The average molecular weight is 181 g/mol. The van der Waals surface area contributed by atoms with Crippen molar-refractivity contribution in [1.82, 2.24) is 4.98 Å². The van der Waals surface area contributed by atoms with Crippen LogP contribution in [-0.4, -0.2) is 16.7 Å². The molecule has 0 atom stereocenters. The molecule has 0 aliphatic heterocycles. The zero-order valence-corrected chi connectivity index (χ0v) is 7.33. The number of halogens is 1. The topological polar surface area (TPSA) is 33.1 Å². The minimum absolute atomic E-state index is 0.0264. The fraction of sp³-hybridized carbons (Fsp3) is 0.500. The van der Waals surface area contributed by atoms with Gasteiger partial charge >= 0.3 is 0 Å². The van der Waals surface area contributed by atoms with Crippen LogP contribution < -0.4 is 0 Å².